The van der Waals surface area contributed by atoms with Crippen LogP contribution >= 0.6 is 19.3 Å². The summed E-state index contributed by atoms with van der Waals surface area (Å²) in [6.07, 6.45) is -3.49. The number of nitrogens with one attached hydrogen (secondary N) is 2. The van der Waals surface area contributed by atoms with Crippen LogP contribution in [0.2, 0.25) is 5.28 Å². The van der Waals surface area contributed by atoms with Crippen LogP contribution in [-0.4, -0.2) is 56.5 Å². The number of hydrogen-bond acceptors (Lipinski definition) is 11. The number of benzene rings is 2. The number of imidazole rings is 1. The van der Waals surface area contributed by atoms with Crippen molar-refractivity contribution in [2.24, 2.45) is 5.41 Å². The highest BCUT2D eigenvalue weighted by atomic mass is 35.5. The van der Waals surface area contributed by atoms with Crippen molar-refractivity contribution in [3.8, 4) is 11.8 Å². The van der Waals surface area contributed by atoms with Crippen LogP contribution in [0.1, 0.15) is 45.9 Å². The van der Waals surface area contributed by atoms with Crippen LogP contribution in [0.25, 0.3) is 11.2 Å². The minimum atomic E-state index is -4.31. The minimum absolute atomic E-state index is 0.0944. The summed E-state index contributed by atoms with van der Waals surface area (Å²) in [4.78, 5) is 25.6. The van der Waals surface area contributed by atoms with Crippen molar-refractivity contribution in [1.82, 2.24) is 24.6 Å². The number of alkyl halides is 1. The van der Waals surface area contributed by atoms with E-state index in [1.54, 1.807) is 51.1 Å². The third kappa shape index (κ3) is 7.94. The van der Waals surface area contributed by atoms with E-state index in [0.29, 0.717) is 17.9 Å². The Morgan fingerprint density at radius 2 is 1.85 bits per heavy atom. The quantitative estimate of drug-likeness (QED) is 0.0850. The lowest BCUT2D eigenvalue weighted by Gasteiger charge is -2.30. The topological polar surface area (TPSA) is 163 Å². The maximum atomic E-state index is 16.5. The molecule has 2 aromatic carbocycles. The van der Waals surface area contributed by atoms with Crippen molar-refractivity contribution >= 4 is 42.3 Å². The molecule has 1 fully saturated rings. The molecule has 0 saturated carbocycles. The lowest BCUT2D eigenvalue weighted by atomic mass is 9.79. The standard InChI is InChI=1S/C32H36ClFN7O6P/c1-20(2)45-30(42)21(3)40-48(43,47-23-13-9-6-10-14-23)44-18-24-32(4,15-16-35)26(34)29(46-24)41-19-37-25-27(38-31(33)39-28(25)41)36-17-22-11-7-5-8-12-22/h5-14,19-21,24,26,29H,15,17-18H2,1-4H3,(H,40,43)(H,36,38,39)/t21-,24+,26?,29+,32?,48?/m0/s1. The average molecular weight is 700 g/mol. The normalized spacial score (nSPS) is 22.6. The number of para-hydroxylation sites is 1. The van der Waals surface area contributed by atoms with E-state index in [2.05, 4.69) is 25.4 Å². The molecule has 0 radical (unpaired) electrons. The van der Waals surface area contributed by atoms with Gasteiger partial charge in [0, 0.05) is 18.4 Å². The van der Waals surface area contributed by atoms with E-state index < -0.39 is 56.4 Å². The zero-order valence-electron chi connectivity index (χ0n) is 26.7. The van der Waals surface area contributed by atoms with Gasteiger partial charge in [-0.3, -0.25) is 13.9 Å². The average Bonchev–Trinajstić information content (AvgIpc) is 3.57. The molecule has 3 unspecified atom stereocenters. The van der Waals surface area contributed by atoms with Gasteiger partial charge < -0.3 is 19.3 Å². The van der Waals surface area contributed by atoms with Gasteiger partial charge >= 0.3 is 13.7 Å². The molecule has 3 heterocycles. The first kappa shape index (κ1) is 35.2. The molecule has 4 aromatic rings. The Balaban J connectivity index is 1.40. The zero-order chi connectivity index (χ0) is 34.5. The van der Waals surface area contributed by atoms with Crippen LogP contribution in [-0.2, 0) is 29.9 Å². The van der Waals surface area contributed by atoms with Gasteiger partial charge in [-0.05, 0) is 50.1 Å². The van der Waals surface area contributed by atoms with Crippen LogP contribution in [0.5, 0.6) is 5.75 Å². The monoisotopic (exact) mass is 699 g/mol. The van der Waals surface area contributed by atoms with Gasteiger partial charge in [-0.2, -0.15) is 20.3 Å². The Labute approximate surface area is 282 Å². The number of nitrogens with zero attached hydrogens (tertiary/aromatic N) is 5. The number of ether oxygens (including phenoxy) is 2. The summed E-state index contributed by atoms with van der Waals surface area (Å²) in [5, 5.41) is 15.4. The summed E-state index contributed by atoms with van der Waals surface area (Å²) >= 11 is 6.28. The molecule has 0 bridgehead atoms. The molecule has 0 amide bonds. The second kappa shape index (κ2) is 15.0. The molecule has 0 aliphatic carbocycles. The number of fused-ring (bicyclic) bond motifs is 1. The number of anilines is 1. The van der Waals surface area contributed by atoms with Gasteiger partial charge in [-0.15, -0.1) is 0 Å². The number of nitriles is 1. The van der Waals surface area contributed by atoms with Crippen molar-refractivity contribution in [3.05, 3.63) is 77.8 Å². The second-order valence-corrected chi connectivity index (χ2v) is 13.8. The summed E-state index contributed by atoms with van der Waals surface area (Å²) in [7, 11) is -4.31. The van der Waals surface area contributed by atoms with E-state index in [1.807, 2.05) is 36.4 Å². The maximum Gasteiger partial charge on any atom is 0.459 e. The fourth-order valence-electron chi connectivity index (χ4n) is 5.20. The van der Waals surface area contributed by atoms with Crippen molar-refractivity contribution in [2.75, 3.05) is 11.9 Å². The molecule has 48 heavy (non-hydrogen) atoms. The minimum Gasteiger partial charge on any atom is -0.462 e. The number of halogens is 2. The van der Waals surface area contributed by atoms with Gasteiger partial charge in [0.2, 0.25) is 5.28 Å². The molecule has 2 aromatic heterocycles. The van der Waals surface area contributed by atoms with Crippen molar-refractivity contribution in [2.45, 2.75) is 71.3 Å². The van der Waals surface area contributed by atoms with Crippen LogP contribution < -0.4 is 14.9 Å². The highest BCUT2D eigenvalue weighted by molar-refractivity contribution is 7.52. The van der Waals surface area contributed by atoms with Gasteiger partial charge in [-0.1, -0.05) is 55.5 Å². The number of carbonyl (C=O) groups excluding carboxylic acids is 1. The predicted molar refractivity (Wildman–Crippen MR) is 176 cm³/mol. The zero-order valence-corrected chi connectivity index (χ0v) is 28.4. The summed E-state index contributed by atoms with van der Waals surface area (Å²) in [5.41, 5.74) is 0.101. The van der Waals surface area contributed by atoms with Crippen molar-refractivity contribution < 1.29 is 32.3 Å². The SMILES string of the molecule is CC(C)OC(=O)[C@H](C)NP(=O)(OC[C@H]1O[C@@H](n2cnc3c(NCc4ccccc4)nc(Cl)nc32)C(F)C1(C)CC#N)Oc1ccccc1. The molecule has 13 nitrogen and oxygen atoms in total. The lowest BCUT2D eigenvalue weighted by molar-refractivity contribution is -0.149. The van der Waals surface area contributed by atoms with Gasteiger partial charge in [0.1, 0.15) is 11.8 Å². The largest absolute Gasteiger partial charge is 0.462 e. The molecular formula is C32H36ClFN7O6P. The summed E-state index contributed by atoms with van der Waals surface area (Å²) in [6, 6.07) is 18.8. The van der Waals surface area contributed by atoms with Gasteiger partial charge in [-0.25, -0.2) is 13.9 Å². The Bertz CT molecular complexity index is 1810. The predicted octanol–water partition coefficient (Wildman–Crippen LogP) is 6.38. The van der Waals surface area contributed by atoms with Gasteiger partial charge in [0.05, 0.1) is 31.2 Å². The van der Waals surface area contributed by atoms with Gasteiger partial charge in [0.25, 0.3) is 0 Å². The third-order valence-corrected chi connectivity index (χ3v) is 9.59. The maximum absolute atomic E-state index is 16.5. The molecule has 5 rings (SSSR count). The lowest BCUT2D eigenvalue weighted by Crippen LogP contribution is -2.39. The van der Waals surface area contributed by atoms with E-state index in [4.69, 9.17) is 30.1 Å². The molecule has 1 aliphatic rings. The highest BCUT2D eigenvalue weighted by Gasteiger charge is 2.56. The first-order valence-corrected chi connectivity index (χ1v) is 17.2. The van der Waals surface area contributed by atoms with E-state index in [1.165, 1.54) is 17.8 Å². The van der Waals surface area contributed by atoms with Crippen LogP contribution in [0.4, 0.5) is 10.2 Å². The molecule has 0 spiro atoms. The Kier molecular flexibility index (Phi) is 11.0. The summed E-state index contributed by atoms with van der Waals surface area (Å²) in [5.74, 6) is -0.133. The van der Waals surface area contributed by atoms with Crippen LogP contribution in [0, 0.1) is 16.7 Å². The molecule has 254 valence electrons. The molecular weight excluding hydrogens is 664 g/mol. The van der Waals surface area contributed by atoms with Crippen molar-refractivity contribution in [3.63, 3.8) is 0 Å². The van der Waals surface area contributed by atoms with Crippen molar-refractivity contribution in [1.29, 1.82) is 5.26 Å². The first-order valence-electron chi connectivity index (χ1n) is 15.2. The summed E-state index contributed by atoms with van der Waals surface area (Å²) < 4.78 is 55.0. The number of aromatic nitrogens is 4. The first-order chi connectivity index (χ1) is 22.9. The second-order valence-electron chi connectivity index (χ2n) is 11.8. The number of rotatable bonds is 14. The Hall–Kier alpha value is -4.12. The highest BCUT2D eigenvalue weighted by Crippen LogP contribution is 2.51. The smallest absolute Gasteiger partial charge is 0.459 e. The third-order valence-electron chi connectivity index (χ3n) is 7.77. The number of hydrogen-bond donors (Lipinski definition) is 2. The number of carbonyl (C=O) groups is 1. The molecule has 1 saturated heterocycles. The summed E-state index contributed by atoms with van der Waals surface area (Å²) in [6.45, 7) is 6.32. The molecule has 16 heteroatoms. The van der Waals surface area contributed by atoms with E-state index in [9.17, 15) is 14.6 Å². The van der Waals surface area contributed by atoms with E-state index >= 15 is 4.39 Å². The molecule has 6 atom stereocenters. The van der Waals surface area contributed by atoms with Crippen LogP contribution in [0.15, 0.2) is 67.0 Å². The van der Waals surface area contributed by atoms with Crippen LogP contribution in [0.3, 0.4) is 0 Å². The van der Waals surface area contributed by atoms with E-state index in [0.717, 1.165) is 5.56 Å². The Morgan fingerprint density at radius 3 is 2.52 bits per heavy atom. The fraction of sp³-hybridized carbons (Fsp3) is 0.406. The number of esters is 1. The van der Waals surface area contributed by atoms with E-state index in [-0.39, 0.29) is 23.1 Å². The molecule has 2 N–H and O–H groups in total. The Morgan fingerprint density at radius 1 is 1.17 bits per heavy atom. The van der Waals surface area contributed by atoms with Gasteiger partial charge in [0.15, 0.2) is 29.4 Å². The fourth-order valence-corrected chi connectivity index (χ4v) is 6.85. The molecule has 1 aliphatic heterocycles.